The van der Waals surface area contributed by atoms with E-state index in [1.807, 2.05) is 43.6 Å². The second kappa shape index (κ2) is 10.2. The first kappa shape index (κ1) is 22.9. The third-order valence-electron chi connectivity index (χ3n) is 6.24. The van der Waals surface area contributed by atoms with E-state index in [0.29, 0.717) is 18.8 Å². The minimum atomic E-state index is -0.160. The molecular formula is C28H31N5O2. The summed E-state index contributed by atoms with van der Waals surface area (Å²) in [5.41, 5.74) is 12.8. The van der Waals surface area contributed by atoms with Crippen LogP contribution in [-0.2, 0) is 6.42 Å². The third-order valence-corrected chi connectivity index (χ3v) is 6.24. The number of nitrogens with zero attached hydrogens (tertiary/aromatic N) is 2. The molecule has 0 saturated heterocycles. The fourth-order valence-electron chi connectivity index (χ4n) is 4.27. The summed E-state index contributed by atoms with van der Waals surface area (Å²) in [6.07, 6.45) is 8.45. The number of aryl methyl sites for hydroxylation is 1. The molecular weight excluding hydrogens is 438 g/mol. The van der Waals surface area contributed by atoms with E-state index in [1.165, 1.54) is 0 Å². The van der Waals surface area contributed by atoms with Crippen LogP contribution >= 0.6 is 0 Å². The highest BCUT2D eigenvalue weighted by Gasteiger charge is 2.12. The zero-order valence-electron chi connectivity index (χ0n) is 20.2. The molecule has 0 saturated carbocycles. The average molecular weight is 470 g/mol. The number of hydrogen-bond acceptors (Lipinski definition) is 5. The molecule has 0 amide bonds. The minimum absolute atomic E-state index is 0.160. The van der Waals surface area contributed by atoms with Gasteiger partial charge in [-0.2, -0.15) is 5.10 Å². The lowest BCUT2D eigenvalue weighted by Crippen LogP contribution is -2.30. The van der Waals surface area contributed by atoms with Crippen molar-refractivity contribution >= 4 is 21.8 Å². The van der Waals surface area contributed by atoms with Crippen LogP contribution in [0.3, 0.4) is 0 Å². The maximum absolute atomic E-state index is 6.46. The van der Waals surface area contributed by atoms with Crippen LogP contribution in [0.5, 0.6) is 11.5 Å². The molecule has 0 fully saturated rings. The number of aromatic nitrogens is 4. The van der Waals surface area contributed by atoms with Gasteiger partial charge in [0, 0.05) is 46.0 Å². The minimum Gasteiger partial charge on any atom is -0.494 e. The molecule has 5 rings (SSSR count). The van der Waals surface area contributed by atoms with E-state index in [0.717, 1.165) is 69.4 Å². The molecule has 0 aliphatic heterocycles. The van der Waals surface area contributed by atoms with Crippen LogP contribution in [0.15, 0.2) is 61.1 Å². The standard InChI is InChI=1S/C28H31N5O2/c1-3-4-9-34-23-6-8-27-26(13-23)21(15-31-27)10-22(29)17-35-24-11-20(14-30-16-24)19-5-7-28-25(12-19)18(2)32-33-28/h5-8,11-16,22,31H,3-4,9-10,17,29H2,1-2H3,(H,32,33)/t22-/m0/s1. The van der Waals surface area contributed by atoms with E-state index in [2.05, 4.69) is 45.3 Å². The van der Waals surface area contributed by atoms with Crippen LogP contribution in [0.2, 0.25) is 0 Å². The summed E-state index contributed by atoms with van der Waals surface area (Å²) in [7, 11) is 0. The average Bonchev–Trinajstić information content (AvgIpc) is 3.46. The summed E-state index contributed by atoms with van der Waals surface area (Å²) < 4.78 is 11.9. The fraction of sp³-hybridized carbons (Fsp3) is 0.286. The summed E-state index contributed by atoms with van der Waals surface area (Å²) in [6.45, 7) is 5.31. The summed E-state index contributed by atoms with van der Waals surface area (Å²) in [5, 5.41) is 9.58. The van der Waals surface area contributed by atoms with E-state index in [-0.39, 0.29) is 6.04 Å². The zero-order valence-corrected chi connectivity index (χ0v) is 20.2. The molecule has 0 aliphatic rings. The highest BCUT2D eigenvalue weighted by Crippen LogP contribution is 2.28. The largest absolute Gasteiger partial charge is 0.494 e. The number of fused-ring (bicyclic) bond motifs is 2. The number of aromatic amines is 2. The number of nitrogens with one attached hydrogen (secondary N) is 2. The van der Waals surface area contributed by atoms with Crippen molar-refractivity contribution in [2.45, 2.75) is 39.2 Å². The second-order valence-corrected chi connectivity index (χ2v) is 8.99. The maximum atomic E-state index is 6.46. The van der Waals surface area contributed by atoms with Crippen LogP contribution in [0.25, 0.3) is 32.9 Å². The number of unbranched alkanes of at least 4 members (excludes halogenated alkanes) is 1. The molecule has 1 atom stereocenters. The molecule has 0 bridgehead atoms. The Hall–Kier alpha value is -3.84. The summed E-state index contributed by atoms with van der Waals surface area (Å²) in [5.74, 6) is 1.59. The van der Waals surface area contributed by atoms with Crippen molar-refractivity contribution in [2.75, 3.05) is 13.2 Å². The SMILES string of the molecule is CCCCOc1ccc2[nH]cc(C[C@H](N)COc3cncc(-c4ccc5n[nH]c(C)c5c4)c3)c2c1. The molecule has 0 aliphatic carbocycles. The number of benzene rings is 2. The second-order valence-electron chi connectivity index (χ2n) is 8.99. The van der Waals surface area contributed by atoms with Gasteiger partial charge in [-0.15, -0.1) is 0 Å². The van der Waals surface area contributed by atoms with Crippen LogP contribution < -0.4 is 15.2 Å². The molecule has 0 unspecified atom stereocenters. The number of pyridine rings is 1. The zero-order chi connectivity index (χ0) is 24.2. The summed E-state index contributed by atoms with van der Waals surface area (Å²) in [4.78, 5) is 7.71. The van der Waals surface area contributed by atoms with Gasteiger partial charge in [-0.3, -0.25) is 10.1 Å². The van der Waals surface area contributed by atoms with Crippen molar-refractivity contribution in [3.63, 3.8) is 0 Å². The molecule has 3 heterocycles. The number of ether oxygens (including phenoxy) is 2. The highest BCUT2D eigenvalue weighted by molar-refractivity contribution is 5.86. The van der Waals surface area contributed by atoms with Gasteiger partial charge in [0.25, 0.3) is 0 Å². The Balaban J connectivity index is 1.24. The van der Waals surface area contributed by atoms with E-state index in [4.69, 9.17) is 15.2 Å². The number of rotatable bonds is 10. The van der Waals surface area contributed by atoms with Crippen LogP contribution in [0.1, 0.15) is 31.0 Å². The molecule has 35 heavy (non-hydrogen) atoms. The number of hydrogen-bond donors (Lipinski definition) is 3. The molecule has 7 nitrogen and oxygen atoms in total. The van der Waals surface area contributed by atoms with Crippen LogP contribution in [0.4, 0.5) is 0 Å². The topological polar surface area (TPSA) is 102 Å². The molecule has 2 aromatic carbocycles. The molecule has 180 valence electrons. The lowest BCUT2D eigenvalue weighted by Gasteiger charge is -2.14. The Morgan fingerprint density at radius 1 is 0.971 bits per heavy atom. The quantitative estimate of drug-likeness (QED) is 0.233. The van der Waals surface area contributed by atoms with Gasteiger partial charge in [-0.05, 0) is 67.3 Å². The lowest BCUT2D eigenvalue weighted by molar-refractivity contribution is 0.287. The van der Waals surface area contributed by atoms with Crippen molar-refractivity contribution in [1.29, 1.82) is 0 Å². The van der Waals surface area contributed by atoms with Crippen molar-refractivity contribution < 1.29 is 9.47 Å². The molecule has 3 aromatic heterocycles. The maximum Gasteiger partial charge on any atom is 0.138 e. The third kappa shape index (κ3) is 5.15. The Bertz CT molecular complexity index is 1440. The normalized spacial score (nSPS) is 12.3. The smallest absolute Gasteiger partial charge is 0.138 e. The van der Waals surface area contributed by atoms with E-state index in [1.54, 1.807) is 6.20 Å². The van der Waals surface area contributed by atoms with Crippen molar-refractivity contribution in [1.82, 2.24) is 20.2 Å². The lowest BCUT2D eigenvalue weighted by atomic mass is 10.0. The van der Waals surface area contributed by atoms with E-state index >= 15 is 0 Å². The Kier molecular flexibility index (Phi) is 6.68. The molecule has 0 spiro atoms. The first-order chi connectivity index (χ1) is 17.1. The van der Waals surface area contributed by atoms with Gasteiger partial charge in [-0.25, -0.2) is 0 Å². The predicted octanol–water partition coefficient (Wildman–Crippen LogP) is 5.54. The van der Waals surface area contributed by atoms with Crippen LogP contribution in [-0.4, -0.2) is 39.4 Å². The van der Waals surface area contributed by atoms with Crippen molar-refractivity contribution in [3.05, 3.63) is 72.3 Å². The van der Waals surface area contributed by atoms with E-state index < -0.39 is 0 Å². The Morgan fingerprint density at radius 2 is 1.89 bits per heavy atom. The Morgan fingerprint density at radius 3 is 2.77 bits per heavy atom. The first-order valence-corrected chi connectivity index (χ1v) is 12.1. The monoisotopic (exact) mass is 469 g/mol. The van der Waals surface area contributed by atoms with Crippen molar-refractivity contribution in [3.8, 4) is 22.6 Å². The number of nitrogens with two attached hydrogens (primary N) is 1. The van der Waals surface area contributed by atoms with E-state index in [9.17, 15) is 0 Å². The van der Waals surface area contributed by atoms with Gasteiger partial charge < -0.3 is 20.2 Å². The van der Waals surface area contributed by atoms with Crippen LogP contribution in [0, 0.1) is 6.92 Å². The van der Waals surface area contributed by atoms with Crippen molar-refractivity contribution in [2.24, 2.45) is 5.73 Å². The summed E-state index contributed by atoms with van der Waals surface area (Å²) >= 11 is 0. The molecule has 0 radical (unpaired) electrons. The van der Waals surface area contributed by atoms with Gasteiger partial charge in [0.05, 0.1) is 18.3 Å². The van der Waals surface area contributed by atoms with Gasteiger partial charge >= 0.3 is 0 Å². The first-order valence-electron chi connectivity index (χ1n) is 12.1. The highest BCUT2D eigenvalue weighted by atomic mass is 16.5. The molecule has 7 heteroatoms. The Labute approximate surface area is 204 Å². The number of H-pyrrole nitrogens is 2. The molecule has 4 N–H and O–H groups in total. The van der Waals surface area contributed by atoms with Gasteiger partial charge in [-0.1, -0.05) is 19.4 Å². The molecule has 5 aromatic rings. The predicted molar refractivity (Wildman–Crippen MR) is 140 cm³/mol. The van der Waals surface area contributed by atoms with Gasteiger partial charge in [0.2, 0.25) is 0 Å². The summed E-state index contributed by atoms with van der Waals surface area (Å²) in [6, 6.07) is 14.2. The fourth-order valence-corrected chi connectivity index (χ4v) is 4.27. The van der Waals surface area contributed by atoms with Gasteiger partial charge in [0.15, 0.2) is 0 Å². The van der Waals surface area contributed by atoms with Gasteiger partial charge in [0.1, 0.15) is 18.1 Å².